The van der Waals surface area contributed by atoms with Gasteiger partial charge in [-0.15, -0.1) is 10.2 Å². The lowest BCUT2D eigenvalue weighted by Gasteiger charge is -2.31. The molecule has 1 amide bonds. The van der Waals surface area contributed by atoms with Crippen LogP contribution in [0.2, 0.25) is 0 Å². The van der Waals surface area contributed by atoms with Crippen molar-refractivity contribution in [2.24, 2.45) is 0 Å². The normalized spacial score (nSPS) is 17.9. The first-order valence-corrected chi connectivity index (χ1v) is 9.26. The highest BCUT2D eigenvalue weighted by molar-refractivity contribution is 5.90. The van der Waals surface area contributed by atoms with Crippen molar-refractivity contribution in [2.45, 2.75) is 25.2 Å². The number of nitrogens with one attached hydrogen (secondary N) is 1. The number of aromatic nitrogens is 3. The number of anilines is 1. The molecule has 140 valence electrons. The van der Waals surface area contributed by atoms with E-state index in [0.717, 1.165) is 37.4 Å². The summed E-state index contributed by atoms with van der Waals surface area (Å²) < 4.78 is 15.0. The fourth-order valence-electron chi connectivity index (χ4n) is 3.62. The number of carbonyl (C=O) groups is 1. The minimum atomic E-state index is -0.312. The van der Waals surface area contributed by atoms with Gasteiger partial charge in [-0.1, -0.05) is 6.07 Å². The van der Waals surface area contributed by atoms with Crippen LogP contribution >= 0.6 is 0 Å². The van der Waals surface area contributed by atoms with E-state index >= 15 is 0 Å². The maximum Gasteiger partial charge on any atom is 0.225 e. The van der Waals surface area contributed by atoms with Crippen LogP contribution in [0.15, 0.2) is 48.7 Å². The van der Waals surface area contributed by atoms with Gasteiger partial charge in [0.15, 0.2) is 5.65 Å². The van der Waals surface area contributed by atoms with E-state index in [1.807, 2.05) is 24.4 Å². The number of hydrogen-bond acceptors (Lipinski definition) is 4. The first-order chi connectivity index (χ1) is 13.2. The second kappa shape index (κ2) is 7.84. The summed E-state index contributed by atoms with van der Waals surface area (Å²) in [6, 6.07) is 11.7. The highest BCUT2D eigenvalue weighted by Gasteiger charge is 2.25. The average Bonchev–Trinajstić information content (AvgIpc) is 3.13. The number of carbonyl (C=O) groups excluding carboxylic acids is 1. The molecule has 0 saturated carbocycles. The lowest BCUT2D eigenvalue weighted by molar-refractivity contribution is -0.116. The molecule has 3 aromatic rings. The summed E-state index contributed by atoms with van der Waals surface area (Å²) in [6.07, 6.45) is 4.56. The van der Waals surface area contributed by atoms with Crippen LogP contribution in [-0.4, -0.2) is 45.0 Å². The van der Waals surface area contributed by atoms with Gasteiger partial charge in [0.1, 0.15) is 11.6 Å². The molecular formula is C20H22FN5O. The molecule has 6 nitrogen and oxygen atoms in total. The van der Waals surface area contributed by atoms with Gasteiger partial charge in [-0.25, -0.2) is 4.39 Å². The number of benzene rings is 1. The van der Waals surface area contributed by atoms with Gasteiger partial charge in [-0.2, -0.15) is 0 Å². The van der Waals surface area contributed by atoms with E-state index in [4.69, 9.17) is 0 Å². The van der Waals surface area contributed by atoms with Gasteiger partial charge in [-0.3, -0.25) is 9.20 Å². The van der Waals surface area contributed by atoms with E-state index in [2.05, 4.69) is 24.8 Å². The molecule has 1 saturated heterocycles. The molecule has 1 N–H and O–H groups in total. The number of fused-ring (bicyclic) bond motifs is 1. The highest BCUT2D eigenvalue weighted by Crippen LogP contribution is 2.26. The van der Waals surface area contributed by atoms with Crippen molar-refractivity contribution >= 4 is 17.2 Å². The Kier molecular flexibility index (Phi) is 5.11. The van der Waals surface area contributed by atoms with Crippen LogP contribution in [0.4, 0.5) is 10.1 Å². The smallest absolute Gasteiger partial charge is 0.225 e. The SMILES string of the molecule is O=C(CCN1CCCC(c2nnc3ccccn23)C1)Nc1ccc(F)cc1. The minimum absolute atomic E-state index is 0.0586. The van der Waals surface area contributed by atoms with Gasteiger partial charge in [0.2, 0.25) is 5.91 Å². The molecule has 7 heteroatoms. The predicted molar refractivity (Wildman–Crippen MR) is 101 cm³/mol. The zero-order valence-corrected chi connectivity index (χ0v) is 15.0. The molecular weight excluding hydrogens is 345 g/mol. The summed E-state index contributed by atoms with van der Waals surface area (Å²) in [5, 5.41) is 11.5. The molecule has 2 aromatic heterocycles. The Hall–Kier alpha value is -2.80. The van der Waals surface area contributed by atoms with E-state index in [1.165, 1.54) is 12.1 Å². The van der Waals surface area contributed by atoms with E-state index in [9.17, 15) is 9.18 Å². The highest BCUT2D eigenvalue weighted by atomic mass is 19.1. The van der Waals surface area contributed by atoms with Crippen molar-refractivity contribution in [3.05, 3.63) is 60.3 Å². The predicted octanol–water partition coefficient (Wildman–Crippen LogP) is 3.08. The number of rotatable bonds is 5. The third kappa shape index (κ3) is 4.14. The molecule has 4 rings (SSSR count). The summed E-state index contributed by atoms with van der Waals surface area (Å²) in [5.74, 6) is 0.937. The third-order valence-corrected chi connectivity index (χ3v) is 4.99. The molecule has 1 unspecified atom stereocenters. The van der Waals surface area contributed by atoms with Crippen molar-refractivity contribution < 1.29 is 9.18 Å². The molecule has 1 atom stereocenters. The zero-order chi connectivity index (χ0) is 18.6. The zero-order valence-electron chi connectivity index (χ0n) is 15.0. The number of likely N-dealkylation sites (tertiary alicyclic amines) is 1. The van der Waals surface area contributed by atoms with Crippen molar-refractivity contribution in [3.8, 4) is 0 Å². The number of amides is 1. The Labute approximate surface area is 157 Å². The lowest BCUT2D eigenvalue weighted by Crippen LogP contribution is -2.37. The molecule has 27 heavy (non-hydrogen) atoms. The van der Waals surface area contributed by atoms with Crippen LogP contribution < -0.4 is 5.32 Å². The number of halogens is 1. The summed E-state index contributed by atoms with van der Waals surface area (Å²) in [7, 11) is 0. The number of piperidine rings is 1. The van der Waals surface area contributed by atoms with Crippen LogP contribution in [0.3, 0.4) is 0 Å². The summed E-state index contributed by atoms with van der Waals surface area (Å²) in [5.41, 5.74) is 1.48. The molecule has 0 bridgehead atoms. The van der Waals surface area contributed by atoms with Crippen LogP contribution in [0.1, 0.15) is 31.0 Å². The van der Waals surface area contributed by atoms with Crippen LogP contribution in [0.25, 0.3) is 5.65 Å². The molecule has 1 aliphatic heterocycles. The largest absolute Gasteiger partial charge is 0.326 e. The molecule has 1 aliphatic rings. The van der Waals surface area contributed by atoms with E-state index in [-0.39, 0.29) is 11.7 Å². The van der Waals surface area contributed by atoms with Gasteiger partial charge in [0.25, 0.3) is 0 Å². The van der Waals surface area contributed by atoms with Gasteiger partial charge in [0, 0.05) is 37.3 Å². The quantitative estimate of drug-likeness (QED) is 0.753. The Morgan fingerprint density at radius 3 is 2.89 bits per heavy atom. The molecule has 0 aliphatic carbocycles. The minimum Gasteiger partial charge on any atom is -0.326 e. The van der Waals surface area contributed by atoms with Crippen LogP contribution in [0.5, 0.6) is 0 Å². The van der Waals surface area contributed by atoms with Crippen molar-refractivity contribution in [1.82, 2.24) is 19.5 Å². The van der Waals surface area contributed by atoms with E-state index in [0.29, 0.717) is 24.6 Å². The van der Waals surface area contributed by atoms with Crippen LogP contribution in [0, 0.1) is 5.82 Å². The Morgan fingerprint density at radius 2 is 2.04 bits per heavy atom. The Balaban J connectivity index is 1.33. The lowest BCUT2D eigenvalue weighted by atomic mass is 9.97. The number of nitrogens with zero attached hydrogens (tertiary/aromatic N) is 4. The van der Waals surface area contributed by atoms with Crippen molar-refractivity contribution in [2.75, 3.05) is 25.0 Å². The second-order valence-electron chi connectivity index (χ2n) is 6.93. The monoisotopic (exact) mass is 367 g/mol. The molecule has 0 radical (unpaired) electrons. The Bertz CT molecular complexity index is 924. The summed E-state index contributed by atoms with van der Waals surface area (Å²) in [6.45, 7) is 2.55. The van der Waals surface area contributed by atoms with Crippen molar-refractivity contribution in [1.29, 1.82) is 0 Å². The first kappa shape index (κ1) is 17.6. The van der Waals surface area contributed by atoms with Crippen LogP contribution in [-0.2, 0) is 4.79 Å². The third-order valence-electron chi connectivity index (χ3n) is 4.99. The standard InChI is InChI=1S/C20H22FN5O/c21-16-6-8-17(9-7-16)22-19(27)10-13-25-11-3-4-15(14-25)20-24-23-18-5-1-2-12-26(18)20/h1-2,5-9,12,15H,3-4,10-11,13-14H2,(H,22,27). The fourth-order valence-corrected chi connectivity index (χ4v) is 3.62. The van der Waals surface area contributed by atoms with Gasteiger partial charge in [-0.05, 0) is 55.8 Å². The maximum atomic E-state index is 12.9. The number of pyridine rings is 1. The molecule has 0 spiro atoms. The molecule has 3 heterocycles. The number of hydrogen-bond donors (Lipinski definition) is 1. The Morgan fingerprint density at radius 1 is 1.19 bits per heavy atom. The van der Waals surface area contributed by atoms with Crippen molar-refractivity contribution in [3.63, 3.8) is 0 Å². The second-order valence-corrected chi connectivity index (χ2v) is 6.93. The topological polar surface area (TPSA) is 62.5 Å². The summed E-state index contributed by atoms with van der Waals surface area (Å²) in [4.78, 5) is 14.5. The van der Waals surface area contributed by atoms with E-state index < -0.39 is 0 Å². The van der Waals surface area contributed by atoms with Gasteiger partial charge >= 0.3 is 0 Å². The van der Waals surface area contributed by atoms with Gasteiger partial charge < -0.3 is 10.2 Å². The van der Waals surface area contributed by atoms with Gasteiger partial charge in [0.05, 0.1) is 0 Å². The average molecular weight is 367 g/mol. The maximum absolute atomic E-state index is 12.9. The summed E-state index contributed by atoms with van der Waals surface area (Å²) >= 11 is 0. The fraction of sp³-hybridized carbons (Fsp3) is 0.350. The first-order valence-electron chi connectivity index (χ1n) is 9.26. The molecule has 1 aromatic carbocycles. The van der Waals surface area contributed by atoms with E-state index in [1.54, 1.807) is 12.1 Å². The molecule has 1 fully saturated rings.